The predicted octanol–water partition coefficient (Wildman–Crippen LogP) is 4.71. The zero-order valence-electron chi connectivity index (χ0n) is 16.8. The molecule has 0 fully saturated rings. The SMILES string of the molecule is C[C@@H](SCc1nc(N)nc(Nc2ccc(Cl)cc2)n1)C(=O)Nc1ccccc1OC(F)F. The van der Waals surface area contributed by atoms with E-state index in [1.54, 1.807) is 37.3 Å². The van der Waals surface area contributed by atoms with Gasteiger partial charge >= 0.3 is 6.61 Å². The summed E-state index contributed by atoms with van der Waals surface area (Å²) in [6.45, 7) is -1.32. The van der Waals surface area contributed by atoms with Gasteiger partial charge in [0.25, 0.3) is 0 Å². The lowest BCUT2D eigenvalue weighted by Gasteiger charge is -2.15. The van der Waals surface area contributed by atoms with Crippen LogP contribution in [-0.4, -0.2) is 32.7 Å². The lowest BCUT2D eigenvalue weighted by atomic mass is 10.3. The summed E-state index contributed by atoms with van der Waals surface area (Å²) in [6.07, 6.45) is 0. The number of nitrogens with two attached hydrogens (primary N) is 1. The van der Waals surface area contributed by atoms with Crippen molar-refractivity contribution in [1.29, 1.82) is 0 Å². The standard InChI is InChI=1S/C20H19ClF2N6O2S/c1-11(17(30)26-14-4-2-3-5-15(14)31-18(22)23)32-10-16-27-19(24)29-20(28-16)25-13-8-6-12(21)7-9-13/h2-9,11,18H,10H2,1H3,(H,26,30)(H3,24,25,27,28,29)/t11-/m1/s1. The van der Waals surface area contributed by atoms with Gasteiger partial charge in [-0.1, -0.05) is 23.7 Å². The van der Waals surface area contributed by atoms with Gasteiger partial charge in [0.05, 0.1) is 16.7 Å². The van der Waals surface area contributed by atoms with Crippen LogP contribution in [0.2, 0.25) is 5.02 Å². The first kappa shape index (κ1) is 23.5. The summed E-state index contributed by atoms with van der Waals surface area (Å²) in [6, 6.07) is 12.9. The van der Waals surface area contributed by atoms with Gasteiger partial charge in [-0.15, -0.1) is 11.8 Å². The molecule has 1 atom stereocenters. The summed E-state index contributed by atoms with van der Waals surface area (Å²) in [5.41, 5.74) is 6.65. The summed E-state index contributed by atoms with van der Waals surface area (Å²) in [4.78, 5) is 25.0. The van der Waals surface area contributed by atoms with Gasteiger partial charge in [0.1, 0.15) is 11.6 Å². The van der Waals surface area contributed by atoms with Crippen LogP contribution in [0.25, 0.3) is 0 Å². The number of nitrogens with one attached hydrogen (secondary N) is 2. The number of hydrogen-bond acceptors (Lipinski definition) is 8. The first-order valence-corrected chi connectivity index (χ1v) is 10.7. The number of nitrogens with zero attached hydrogens (tertiary/aromatic N) is 3. The highest BCUT2D eigenvalue weighted by atomic mass is 35.5. The van der Waals surface area contributed by atoms with Gasteiger partial charge in [0, 0.05) is 10.7 Å². The number of carbonyl (C=O) groups is 1. The lowest BCUT2D eigenvalue weighted by Crippen LogP contribution is -2.23. The zero-order valence-corrected chi connectivity index (χ0v) is 18.3. The molecule has 0 aliphatic rings. The number of anilines is 4. The maximum Gasteiger partial charge on any atom is 0.387 e. The average molecular weight is 481 g/mol. The predicted molar refractivity (Wildman–Crippen MR) is 121 cm³/mol. The lowest BCUT2D eigenvalue weighted by molar-refractivity contribution is -0.115. The van der Waals surface area contributed by atoms with Gasteiger partial charge in [0.15, 0.2) is 0 Å². The Balaban J connectivity index is 1.60. The van der Waals surface area contributed by atoms with Crippen molar-refractivity contribution < 1.29 is 18.3 Å². The largest absolute Gasteiger partial charge is 0.433 e. The van der Waals surface area contributed by atoms with Crippen molar-refractivity contribution in [1.82, 2.24) is 15.0 Å². The molecule has 0 saturated heterocycles. The van der Waals surface area contributed by atoms with Crippen LogP contribution < -0.4 is 21.1 Å². The Morgan fingerprint density at radius 1 is 1.16 bits per heavy atom. The van der Waals surface area contributed by atoms with Crippen molar-refractivity contribution in [2.24, 2.45) is 0 Å². The smallest absolute Gasteiger partial charge is 0.387 e. The molecule has 0 aliphatic carbocycles. The second-order valence-electron chi connectivity index (χ2n) is 6.38. The van der Waals surface area contributed by atoms with E-state index in [2.05, 4.69) is 30.3 Å². The minimum Gasteiger partial charge on any atom is -0.433 e. The van der Waals surface area contributed by atoms with Crippen LogP contribution in [0.4, 0.5) is 32.1 Å². The fraction of sp³-hybridized carbons (Fsp3) is 0.200. The Morgan fingerprint density at radius 2 is 1.88 bits per heavy atom. The minimum absolute atomic E-state index is 0.0299. The van der Waals surface area contributed by atoms with Gasteiger partial charge in [-0.05, 0) is 43.3 Å². The van der Waals surface area contributed by atoms with E-state index in [4.69, 9.17) is 17.3 Å². The topological polar surface area (TPSA) is 115 Å². The molecular weight excluding hydrogens is 462 g/mol. The van der Waals surface area contributed by atoms with Gasteiger partial charge in [-0.2, -0.15) is 23.7 Å². The van der Waals surface area contributed by atoms with Gasteiger partial charge < -0.3 is 21.1 Å². The molecule has 3 rings (SSSR count). The van der Waals surface area contributed by atoms with Crippen LogP contribution in [0.3, 0.4) is 0 Å². The molecule has 1 heterocycles. The normalized spacial score (nSPS) is 11.8. The molecule has 2 aromatic carbocycles. The maximum absolute atomic E-state index is 12.5. The van der Waals surface area contributed by atoms with E-state index in [-0.39, 0.29) is 35.0 Å². The molecule has 168 valence electrons. The van der Waals surface area contributed by atoms with E-state index in [1.807, 2.05) is 0 Å². The van der Waals surface area contributed by atoms with E-state index in [9.17, 15) is 13.6 Å². The molecule has 4 N–H and O–H groups in total. The zero-order chi connectivity index (χ0) is 23.1. The Hall–Kier alpha value is -3.18. The molecule has 0 aliphatic heterocycles. The molecule has 0 spiro atoms. The number of nitrogen functional groups attached to an aromatic ring is 1. The van der Waals surface area contributed by atoms with Crippen LogP contribution in [-0.2, 0) is 10.5 Å². The molecule has 0 saturated carbocycles. The third-order valence-corrected chi connectivity index (χ3v) is 5.38. The van der Waals surface area contributed by atoms with Crippen LogP contribution in [0, 0.1) is 0 Å². The number of amides is 1. The highest BCUT2D eigenvalue weighted by molar-refractivity contribution is 7.99. The number of alkyl halides is 2. The number of thioether (sulfide) groups is 1. The molecule has 0 bridgehead atoms. The fourth-order valence-corrected chi connectivity index (χ4v) is 3.36. The van der Waals surface area contributed by atoms with Crippen molar-refractivity contribution in [3.8, 4) is 5.75 Å². The van der Waals surface area contributed by atoms with Gasteiger partial charge in [0.2, 0.25) is 17.8 Å². The third kappa shape index (κ3) is 6.92. The Kier molecular flexibility index (Phi) is 8.01. The van der Waals surface area contributed by atoms with Gasteiger partial charge in [-0.25, -0.2) is 0 Å². The quantitative estimate of drug-likeness (QED) is 0.403. The number of benzene rings is 2. The highest BCUT2D eigenvalue weighted by Crippen LogP contribution is 2.27. The molecule has 0 radical (unpaired) electrons. The molecule has 0 unspecified atom stereocenters. The number of halogens is 3. The number of aromatic nitrogens is 3. The molecule has 12 heteroatoms. The third-order valence-electron chi connectivity index (χ3n) is 3.99. The number of carbonyl (C=O) groups excluding carboxylic acids is 1. The van der Waals surface area contributed by atoms with Crippen LogP contribution in [0.1, 0.15) is 12.7 Å². The first-order valence-electron chi connectivity index (χ1n) is 9.29. The molecule has 1 aromatic heterocycles. The van der Waals surface area contributed by atoms with E-state index in [0.717, 1.165) is 5.69 Å². The summed E-state index contributed by atoms with van der Waals surface area (Å²) < 4.78 is 29.5. The van der Waals surface area contributed by atoms with E-state index in [1.165, 1.54) is 30.0 Å². The minimum atomic E-state index is -3.00. The molecule has 32 heavy (non-hydrogen) atoms. The van der Waals surface area contributed by atoms with Crippen LogP contribution in [0.15, 0.2) is 48.5 Å². The molecule has 1 amide bonds. The number of rotatable bonds is 9. The highest BCUT2D eigenvalue weighted by Gasteiger charge is 2.18. The van der Waals surface area contributed by atoms with E-state index in [0.29, 0.717) is 10.8 Å². The fourth-order valence-electron chi connectivity index (χ4n) is 2.50. The summed E-state index contributed by atoms with van der Waals surface area (Å²) >= 11 is 7.13. The second-order valence-corrected chi connectivity index (χ2v) is 8.15. The first-order chi connectivity index (χ1) is 15.3. The maximum atomic E-state index is 12.5. The number of para-hydroxylation sites is 2. The van der Waals surface area contributed by atoms with Crippen LogP contribution >= 0.6 is 23.4 Å². The summed E-state index contributed by atoms with van der Waals surface area (Å²) in [5.74, 6) is 0.428. The van der Waals surface area contributed by atoms with Gasteiger partial charge in [-0.3, -0.25) is 4.79 Å². The number of ether oxygens (including phenoxy) is 1. The summed E-state index contributed by atoms with van der Waals surface area (Å²) in [7, 11) is 0. The monoisotopic (exact) mass is 480 g/mol. The van der Waals surface area contributed by atoms with E-state index < -0.39 is 11.9 Å². The number of hydrogen-bond donors (Lipinski definition) is 3. The van der Waals surface area contributed by atoms with Crippen molar-refractivity contribution >= 4 is 52.5 Å². The summed E-state index contributed by atoms with van der Waals surface area (Å²) in [5, 5.41) is 5.66. The Bertz CT molecular complexity index is 1070. The molecule has 8 nitrogen and oxygen atoms in total. The van der Waals surface area contributed by atoms with Crippen molar-refractivity contribution in [2.75, 3.05) is 16.4 Å². The Morgan fingerprint density at radius 3 is 2.59 bits per heavy atom. The van der Waals surface area contributed by atoms with Crippen molar-refractivity contribution in [2.45, 2.75) is 24.5 Å². The van der Waals surface area contributed by atoms with Crippen molar-refractivity contribution in [3.05, 3.63) is 59.4 Å². The van der Waals surface area contributed by atoms with Crippen molar-refractivity contribution in [3.63, 3.8) is 0 Å². The molecule has 3 aromatic rings. The molecular formula is C20H19ClF2N6O2S. The van der Waals surface area contributed by atoms with Crippen LogP contribution in [0.5, 0.6) is 5.75 Å². The van der Waals surface area contributed by atoms with E-state index >= 15 is 0 Å². The second kappa shape index (κ2) is 10.9. The Labute approximate surface area is 192 Å². The average Bonchev–Trinajstić information content (AvgIpc) is 2.74.